The highest BCUT2D eigenvalue weighted by Crippen LogP contribution is 2.49. The Bertz CT molecular complexity index is 4430. The Morgan fingerprint density at radius 1 is 0.603 bits per heavy atom. The van der Waals surface area contributed by atoms with Crippen molar-refractivity contribution in [1.82, 2.24) is 4.98 Å². The highest BCUT2D eigenvalue weighted by molar-refractivity contribution is 7.87. The summed E-state index contributed by atoms with van der Waals surface area (Å²) in [6.45, 7) is 3.16. The smallest absolute Gasteiger partial charge is 0.296 e. The van der Waals surface area contributed by atoms with E-state index < -0.39 is 91.5 Å². The van der Waals surface area contributed by atoms with Crippen molar-refractivity contribution in [1.29, 1.82) is 10.5 Å². The third-order valence-electron chi connectivity index (χ3n) is 10.7. The second kappa shape index (κ2) is 22.1. The number of carbonyl (C=O) groups excluding carboxylic acids is 1. The van der Waals surface area contributed by atoms with Crippen LogP contribution in [0.1, 0.15) is 36.5 Å². The number of hydrogen-bond donors (Lipinski definition) is 8. The number of hydrogen-bond acceptors (Lipinski definition) is 21. The Labute approximate surface area is 456 Å². The van der Waals surface area contributed by atoms with Crippen LogP contribution in [0.2, 0.25) is 10.0 Å². The van der Waals surface area contributed by atoms with Gasteiger partial charge in [0.1, 0.15) is 48.0 Å². The molecular weight excluding hydrogens is 1190 g/mol. The summed E-state index contributed by atoms with van der Waals surface area (Å²) in [7, 11) is -25.9. The summed E-state index contributed by atoms with van der Waals surface area (Å²) in [6, 6.07) is 18.8. The fourth-order valence-electron chi connectivity index (χ4n) is 7.24. The molecule has 26 nitrogen and oxygen atoms in total. The summed E-state index contributed by atoms with van der Waals surface area (Å²) in [5.41, 5.74) is -1.03. The maximum absolute atomic E-state index is 12.7. The van der Waals surface area contributed by atoms with Gasteiger partial charge >= 0.3 is 0 Å². The zero-order valence-corrected chi connectivity index (χ0v) is 45.5. The first-order valence-corrected chi connectivity index (χ1v) is 30.0. The molecule has 0 spiro atoms. The number of aromatic nitrogens is 1. The van der Waals surface area contributed by atoms with Gasteiger partial charge in [0, 0.05) is 45.4 Å². The summed E-state index contributed by atoms with van der Waals surface area (Å²) in [5, 5.41) is 43.7. The first kappa shape index (κ1) is 58.3. The fourth-order valence-corrected chi connectivity index (χ4v) is 12.2. The minimum absolute atomic E-state index is 0.0241. The van der Waals surface area contributed by atoms with Crippen LogP contribution < -0.4 is 16.0 Å². The number of azo groups is 2. The zero-order valence-electron chi connectivity index (χ0n) is 39.1. The normalized spacial score (nSPS) is 12.4. The van der Waals surface area contributed by atoms with E-state index in [-0.39, 0.29) is 88.9 Å². The van der Waals surface area contributed by atoms with Gasteiger partial charge in [0.05, 0.1) is 26.2 Å². The van der Waals surface area contributed by atoms with E-state index in [4.69, 9.17) is 23.2 Å². The molecule has 7 rings (SSSR count). The molecule has 0 aliphatic carbocycles. The number of nitrogens with one attached hydrogen (secondary N) is 3. The lowest BCUT2D eigenvalue weighted by Gasteiger charge is -2.16. The maximum Gasteiger partial charge on any atom is 0.296 e. The van der Waals surface area contributed by atoms with Gasteiger partial charge in [0.15, 0.2) is 16.6 Å². The van der Waals surface area contributed by atoms with Crippen LogP contribution in [0.25, 0.3) is 21.9 Å². The quantitative estimate of drug-likeness (QED) is 0.0310. The summed E-state index contributed by atoms with van der Waals surface area (Å²) in [4.78, 5) is 11.8. The van der Waals surface area contributed by atoms with E-state index in [2.05, 4.69) is 41.4 Å². The fraction of sp³-hybridized carbons (Fsp3) is 0.0909. The average Bonchev–Trinajstić information content (AvgIpc) is 3.73. The molecule has 0 radical (unpaired) electrons. The molecule has 1 amide bonds. The first-order valence-electron chi connectivity index (χ1n) is 21.2. The molecule has 5 aromatic carbocycles. The average molecular weight is 1220 g/mol. The maximum atomic E-state index is 12.7. The van der Waals surface area contributed by atoms with Gasteiger partial charge in [-0.05, 0) is 91.7 Å². The SMILES string of the molecule is CCCC(=O)Nc1ccc(-c2c(/N=N/c3cc(S(=O)(=O)O)c4cc(S(=O)(=O)O)cc(S(=O)(=O)O)c4c3)sc(N=Nc3c(Nc4ccc(Cl)c(S(=O)(=O)O)c4)nc(Nc4ccc(Cl)c(S(=O)(=O)O)c4)c(C#N)c3C)c2C#N)cc1. The van der Waals surface area contributed by atoms with Crippen LogP contribution in [0.3, 0.4) is 0 Å². The van der Waals surface area contributed by atoms with Crippen molar-refractivity contribution >= 4 is 152 Å². The van der Waals surface area contributed by atoms with Crippen LogP contribution in [0.5, 0.6) is 0 Å². The molecule has 78 heavy (non-hydrogen) atoms. The standard InChI is InChI=1S/C44H32Cl2N10O16S6/c1-3-4-38(57)49-23-7-5-22(6-8-23)39-31(20-48)43(73-44(39)56-53-26-13-28-29(34(16-26)75(61,62)63)17-27(74(58,59)60)18-35(28)76(64,65)66)55-54-40-21(2)30(19-47)41(50-24-9-11-32(45)36(14-24)77(67,68)69)52-42(40)51-25-10-12-33(46)37(15-25)78(70,71)72/h5-18H,3-4H2,1-2H3,(H,49,57)(H2,50,51,52)(H,58,59,60)(H,61,62,63)(H,64,65,66)(H,67,68,69)(H,70,71,72)/b55-54?,56-53+. The van der Waals surface area contributed by atoms with Gasteiger partial charge in [0.2, 0.25) is 5.91 Å². The lowest BCUT2D eigenvalue weighted by atomic mass is 10.0. The van der Waals surface area contributed by atoms with Crippen molar-refractivity contribution < 1.29 is 69.6 Å². The Morgan fingerprint density at radius 3 is 1.62 bits per heavy atom. The van der Waals surface area contributed by atoms with Gasteiger partial charge < -0.3 is 16.0 Å². The van der Waals surface area contributed by atoms with Gasteiger partial charge in [-0.1, -0.05) is 53.6 Å². The number of benzene rings is 5. The summed E-state index contributed by atoms with van der Waals surface area (Å²) < 4.78 is 173. The molecule has 2 aromatic heterocycles. The highest BCUT2D eigenvalue weighted by atomic mass is 35.5. The summed E-state index contributed by atoms with van der Waals surface area (Å²) in [6.07, 6.45) is 0.728. The van der Waals surface area contributed by atoms with Crippen LogP contribution in [0.4, 0.5) is 50.1 Å². The van der Waals surface area contributed by atoms with E-state index in [1.807, 2.05) is 12.1 Å². The highest BCUT2D eigenvalue weighted by Gasteiger charge is 2.28. The Balaban J connectivity index is 1.45. The van der Waals surface area contributed by atoms with Crippen LogP contribution in [0, 0.1) is 29.6 Å². The number of amides is 1. The molecular formula is C44H32Cl2N10O16S6. The molecule has 0 fully saturated rings. The molecule has 7 aromatic rings. The number of pyridine rings is 1. The second-order valence-corrected chi connectivity index (χ2v) is 24.8. The number of carbonyl (C=O) groups is 1. The minimum Gasteiger partial charge on any atom is -0.339 e. The largest absolute Gasteiger partial charge is 0.339 e. The zero-order chi connectivity index (χ0) is 57.4. The summed E-state index contributed by atoms with van der Waals surface area (Å²) in [5.74, 6) is -0.916. The van der Waals surface area contributed by atoms with E-state index >= 15 is 0 Å². The number of thiophene rings is 1. The predicted molar refractivity (Wildman–Crippen MR) is 283 cm³/mol. The summed E-state index contributed by atoms with van der Waals surface area (Å²) >= 11 is 12.7. The third kappa shape index (κ3) is 12.9. The third-order valence-corrected chi connectivity index (χ3v) is 16.9. The topological polar surface area (TPSA) is 435 Å². The van der Waals surface area contributed by atoms with Crippen molar-refractivity contribution in [2.24, 2.45) is 20.5 Å². The van der Waals surface area contributed by atoms with Gasteiger partial charge in [-0.25, -0.2) is 4.98 Å². The molecule has 2 heterocycles. The van der Waals surface area contributed by atoms with Crippen LogP contribution in [-0.2, 0) is 55.4 Å². The monoisotopic (exact) mass is 1220 g/mol. The molecule has 404 valence electrons. The Morgan fingerprint density at radius 2 is 1.10 bits per heavy atom. The number of fused-ring (bicyclic) bond motifs is 1. The molecule has 0 atom stereocenters. The Hall–Kier alpha value is -7.41. The van der Waals surface area contributed by atoms with Crippen LogP contribution >= 0.6 is 34.5 Å². The lowest BCUT2D eigenvalue weighted by molar-refractivity contribution is -0.116. The lowest BCUT2D eigenvalue weighted by Crippen LogP contribution is -2.10. The van der Waals surface area contributed by atoms with Crippen molar-refractivity contribution in [3.8, 4) is 23.3 Å². The van der Waals surface area contributed by atoms with E-state index in [0.29, 0.717) is 41.6 Å². The number of nitrogens with zero attached hydrogens (tertiary/aromatic N) is 7. The number of halogens is 2. The van der Waals surface area contributed by atoms with Crippen molar-refractivity contribution in [2.45, 2.75) is 51.2 Å². The molecule has 0 unspecified atom stereocenters. The van der Waals surface area contributed by atoms with Gasteiger partial charge in [-0.15, -0.1) is 20.5 Å². The number of nitriles is 2. The van der Waals surface area contributed by atoms with Crippen molar-refractivity contribution in [3.05, 3.63) is 112 Å². The van der Waals surface area contributed by atoms with Gasteiger partial charge in [0.25, 0.3) is 50.6 Å². The second-order valence-electron chi connectivity index (χ2n) is 16.0. The predicted octanol–water partition coefficient (Wildman–Crippen LogP) is 10.6. The molecule has 0 saturated carbocycles. The Kier molecular flexibility index (Phi) is 16.5. The molecule has 8 N–H and O–H groups in total. The molecule has 34 heteroatoms. The molecule has 0 aliphatic heterocycles. The van der Waals surface area contributed by atoms with Crippen molar-refractivity contribution in [3.63, 3.8) is 0 Å². The number of anilines is 5. The minimum atomic E-state index is -5.42. The molecule has 0 saturated heterocycles. The van der Waals surface area contributed by atoms with E-state index in [1.54, 1.807) is 6.92 Å². The molecule has 0 bridgehead atoms. The van der Waals surface area contributed by atoms with Gasteiger partial charge in [-0.2, -0.15) is 52.6 Å². The van der Waals surface area contributed by atoms with Crippen molar-refractivity contribution in [2.75, 3.05) is 16.0 Å². The van der Waals surface area contributed by atoms with Crippen LogP contribution in [-0.4, -0.2) is 75.7 Å². The number of rotatable bonds is 17. The van der Waals surface area contributed by atoms with E-state index in [1.165, 1.54) is 43.3 Å². The van der Waals surface area contributed by atoms with Gasteiger partial charge in [-0.3, -0.25) is 27.6 Å². The first-order chi connectivity index (χ1) is 36.3. The van der Waals surface area contributed by atoms with E-state index in [9.17, 15) is 80.2 Å². The van der Waals surface area contributed by atoms with E-state index in [0.717, 1.165) is 30.3 Å². The van der Waals surface area contributed by atoms with Crippen LogP contribution in [0.15, 0.2) is 130 Å². The molecule has 0 aliphatic rings.